The van der Waals surface area contributed by atoms with Crippen LogP contribution < -0.4 is 10.6 Å². The number of aliphatic imine (C=N–C) groups is 1. The number of thioether (sulfide) groups is 1. The standard InChI is InChI=1S/C15H23Cl2N3OS.HI/c1-4-18-15(19-8-10(2)22-3)20-9-14(21)11-5-12(16)7-13(17)6-11;/h5-7,10,14,21H,4,8-9H2,1-3H3,(H2,18,19,20);1H. The molecule has 2 unspecified atom stereocenters. The number of hydrogen-bond donors (Lipinski definition) is 3. The molecule has 0 aliphatic rings. The highest BCUT2D eigenvalue weighted by molar-refractivity contribution is 14.0. The molecule has 3 N–H and O–H groups in total. The Balaban J connectivity index is 0.00000484. The lowest BCUT2D eigenvalue weighted by Gasteiger charge is -2.16. The highest BCUT2D eigenvalue weighted by atomic mass is 127. The van der Waals surface area contributed by atoms with Gasteiger partial charge >= 0.3 is 0 Å². The van der Waals surface area contributed by atoms with Crippen molar-refractivity contribution >= 4 is 64.9 Å². The Bertz CT molecular complexity index is 485. The monoisotopic (exact) mass is 491 g/mol. The van der Waals surface area contributed by atoms with E-state index in [1.807, 2.05) is 6.92 Å². The minimum absolute atomic E-state index is 0. The molecule has 0 aliphatic carbocycles. The van der Waals surface area contributed by atoms with Gasteiger partial charge in [0.1, 0.15) is 0 Å². The fourth-order valence-electron chi connectivity index (χ4n) is 1.71. The van der Waals surface area contributed by atoms with E-state index in [-0.39, 0.29) is 24.0 Å². The molecular formula is C15H24Cl2IN3OS. The summed E-state index contributed by atoms with van der Waals surface area (Å²) in [5.74, 6) is 0.690. The second-order valence-electron chi connectivity index (χ2n) is 4.87. The SMILES string of the molecule is CCNC(=NCC(C)SC)NCC(O)c1cc(Cl)cc(Cl)c1.I. The lowest BCUT2D eigenvalue weighted by Crippen LogP contribution is -2.39. The van der Waals surface area contributed by atoms with E-state index in [4.69, 9.17) is 23.2 Å². The lowest BCUT2D eigenvalue weighted by atomic mass is 10.1. The number of nitrogens with one attached hydrogen (secondary N) is 2. The molecule has 1 aromatic rings. The Hall–Kier alpha value is 0.110. The first-order valence-corrected chi connectivity index (χ1v) is 9.19. The maximum atomic E-state index is 10.2. The third-order valence-corrected chi connectivity index (χ3v) is 4.38. The van der Waals surface area contributed by atoms with E-state index in [2.05, 4.69) is 28.8 Å². The van der Waals surface area contributed by atoms with Crippen LogP contribution in [0.4, 0.5) is 0 Å². The maximum absolute atomic E-state index is 10.2. The first-order valence-electron chi connectivity index (χ1n) is 7.15. The fourth-order valence-corrected chi connectivity index (χ4v) is 2.48. The zero-order chi connectivity index (χ0) is 16.5. The van der Waals surface area contributed by atoms with Crippen molar-refractivity contribution in [3.05, 3.63) is 33.8 Å². The van der Waals surface area contributed by atoms with Crippen LogP contribution in [0.3, 0.4) is 0 Å². The average molecular weight is 492 g/mol. The molecule has 0 heterocycles. The number of aliphatic hydroxyl groups is 1. The topological polar surface area (TPSA) is 56.7 Å². The highest BCUT2D eigenvalue weighted by Gasteiger charge is 2.10. The summed E-state index contributed by atoms with van der Waals surface area (Å²) in [6.07, 6.45) is 1.35. The molecule has 1 rings (SSSR count). The molecule has 0 saturated carbocycles. The molecule has 132 valence electrons. The highest BCUT2D eigenvalue weighted by Crippen LogP contribution is 2.23. The van der Waals surface area contributed by atoms with Crippen LogP contribution in [-0.2, 0) is 0 Å². The Labute approximate surface area is 169 Å². The summed E-state index contributed by atoms with van der Waals surface area (Å²) in [6.45, 7) is 5.94. The van der Waals surface area contributed by atoms with Crippen LogP contribution in [0.1, 0.15) is 25.5 Å². The number of guanidine groups is 1. The number of benzene rings is 1. The smallest absolute Gasteiger partial charge is 0.191 e. The van der Waals surface area contributed by atoms with Crippen molar-refractivity contribution in [3.63, 3.8) is 0 Å². The van der Waals surface area contributed by atoms with Crippen molar-refractivity contribution in [1.29, 1.82) is 0 Å². The van der Waals surface area contributed by atoms with E-state index in [1.165, 1.54) is 0 Å². The predicted molar refractivity (Wildman–Crippen MR) is 114 cm³/mol. The van der Waals surface area contributed by atoms with Crippen molar-refractivity contribution in [2.24, 2.45) is 4.99 Å². The maximum Gasteiger partial charge on any atom is 0.191 e. The van der Waals surface area contributed by atoms with E-state index >= 15 is 0 Å². The normalized spacial score (nSPS) is 13.9. The molecule has 0 fully saturated rings. The summed E-state index contributed by atoms with van der Waals surface area (Å²) < 4.78 is 0. The molecule has 0 bridgehead atoms. The minimum atomic E-state index is -0.710. The van der Waals surface area contributed by atoms with E-state index in [0.717, 1.165) is 13.1 Å². The molecule has 0 radical (unpaired) electrons. The Morgan fingerprint density at radius 3 is 2.39 bits per heavy atom. The van der Waals surface area contributed by atoms with Crippen LogP contribution >= 0.6 is 58.9 Å². The van der Waals surface area contributed by atoms with Crippen LogP contribution in [0.2, 0.25) is 10.0 Å². The van der Waals surface area contributed by atoms with Gasteiger partial charge in [0, 0.05) is 28.4 Å². The summed E-state index contributed by atoms with van der Waals surface area (Å²) in [6, 6.07) is 5.06. The van der Waals surface area contributed by atoms with Gasteiger partial charge in [-0.05, 0) is 36.9 Å². The van der Waals surface area contributed by atoms with Crippen molar-refractivity contribution in [2.45, 2.75) is 25.2 Å². The first kappa shape index (κ1) is 23.1. The van der Waals surface area contributed by atoms with Crippen LogP contribution in [0.25, 0.3) is 0 Å². The summed E-state index contributed by atoms with van der Waals surface area (Å²) >= 11 is 13.7. The first-order chi connectivity index (χ1) is 10.5. The molecule has 0 aliphatic heterocycles. The molecule has 4 nitrogen and oxygen atoms in total. The van der Waals surface area contributed by atoms with Gasteiger partial charge in [0.2, 0.25) is 0 Å². The second kappa shape index (κ2) is 12.5. The van der Waals surface area contributed by atoms with Gasteiger partial charge in [0.15, 0.2) is 5.96 Å². The van der Waals surface area contributed by atoms with Gasteiger partial charge in [0.25, 0.3) is 0 Å². The minimum Gasteiger partial charge on any atom is -0.387 e. The van der Waals surface area contributed by atoms with Gasteiger partial charge in [-0.15, -0.1) is 24.0 Å². The van der Waals surface area contributed by atoms with E-state index < -0.39 is 6.10 Å². The van der Waals surface area contributed by atoms with Crippen LogP contribution in [0, 0.1) is 0 Å². The molecule has 23 heavy (non-hydrogen) atoms. The van der Waals surface area contributed by atoms with Gasteiger partial charge in [-0.1, -0.05) is 30.1 Å². The van der Waals surface area contributed by atoms with Crippen LogP contribution in [0.15, 0.2) is 23.2 Å². The molecule has 0 spiro atoms. The number of halogens is 3. The summed E-state index contributed by atoms with van der Waals surface area (Å²) in [5.41, 5.74) is 0.679. The second-order valence-corrected chi connectivity index (χ2v) is 7.01. The molecule has 0 amide bonds. The zero-order valence-electron chi connectivity index (χ0n) is 13.5. The van der Waals surface area contributed by atoms with E-state index in [9.17, 15) is 5.11 Å². The third kappa shape index (κ3) is 9.24. The predicted octanol–water partition coefficient (Wildman–Crippen LogP) is 3.95. The van der Waals surface area contributed by atoms with Crippen LogP contribution in [-0.4, -0.2) is 42.2 Å². The number of nitrogens with zero attached hydrogens (tertiary/aromatic N) is 1. The third-order valence-electron chi connectivity index (χ3n) is 2.99. The van der Waals surface area contributed by atoms with Crippen molar-refractivity contribution in [3.8, 4) is 0 Å². The quantitative estimate of drug-likeness (QED) is 0.307. The van der Waals surface area contributed by atoms with Gasteiger partial charge in [-0.25, -0.2) is 0 Å². The Morgan fingerprint density at radius 1 is 1.26 bits per heavy atom. The number of hydrogen-bond acceptors (Lipinski definition) is 3. The Morgan fingerprint density at radius 2 is 1.87 bits per heavy atom. The van der Waals surface area contributed by atoms with E-state index in [0.29, 0.717) is 33.4 Å². The largest absolute Gasteiger partial charge is 0.387 e. The van der Waals surface area contributed by atoms with Gasteiger partial charge in [-0.3, -0.25) is 4.99 Å². The zero-order valence-corrected chi connectivity index (χ0v) is 18.1. The molecule has 1 aromatic carbocycles. The van der Waals surface area contributed by atoms with Gasteiger partial charge in [-0.2, -0.15) is 11.8 Å². The van der Waals surface area contributed by atoms with Crippen LogP contribution in [0.5, 0.6) is 0 Å². The molecule has 0 aromatic heterocycles. The van der Waals surface area contributed by atoms with Gasteiger partial charge < -0.3 is 15.7 Å². The summed E-state index contributed by atoms with van der Waals surface area (Å²) in [5, 5.41) is 18.0. The Kier molecular flexibility index (Phi) is 12.5. The lowest BCUT2D eigenvalue weighted by molar-refractivity contribution is 0.181. The van der Waals surface area contributed by atoms with Crippen molar-refractivity contribution in [2.75, 3.05) is 25.9 Å². The van der Waals surface area contributed by atoms with Crippen molar-refractivity contribution in [1.82, 2.24) is 10.6 Å². The number of rotatable bonds is 7. The molecule has 2 atom stereocenters. The number of aliphatic hydroxyl groups excluding tert-OH is 1. The van der Waals surface area contributed by atoms with Gasteiger partial charge in [0.05, 0.1) is 12.6 Å². The summed E-state index contributed by atoms with van der Waals surface area (Å²) in [7, 11) is 0. The van der Waals surface area contributed by atoms with Crippen molar-refractivity contribution < 1.29 is 5.11 Å². The summed E-state index contributed by atoms with van der Waals surface area (Å²) in [4.78, 5) is 4.50. The fraction of sp³-hybridized carbons (Fsp3) is 0.533. The van der Waals surface area contributed by atoms with E-state index in [1.54, 1.807) is 30.0 Å². The average Bonchev–Trinajstić information content (AvgIpc) is 2.48. The molecular weight excluding hydrogens is 468 g/mol. The molecule has 0 saturated heterocycles. The molecule has 8 heteroatoms.